The van der Waals surface area contributed by atoms with Crippen LogP contribution in [0.25, 0.3) is 5.57 Å². The summed E-state index contributed by atoms with van der Waals surface area (Å²) < 4.78 is 0. The Hall–Kier alpha value is -2.39. The van der Waals surface area contributed by atoms with Crippen molar-refractivity contribution in [1.82, 2.24) is 9.80 Å². The van der Waals surface area contributed by atoms with Crippen molar-refractivity contribution in [2.75, 3.05) is 32.7 Å². The van der Waals surface area contributed by atoms with Crippen LogP contribution < -0.4 is 0 Å². The summed E-state index contributed by atoms with van der Waals surface area (Å²) in [6.07, 6.45) is 5.06. The lowest BCUT2D eigenvalue weighted by Crippen LogP contribution is -2.33. The van der Waals surface area contributed by atoms with Crippen LogP contribution in [-0.4, -0.2) is 48.4 Å². The zero-order valence-electron chi connectivity index (χ0n) is 22.2. The van der Waals surface area contributed by atoms with Gasteiger partial charge in [0, 0.05) is 32.6 Å². The first-order valence-corrected chi connectivity index (χ1v) is 13.5. The molecule has 4 rings (SSSR count). The maximum atomic E-state index is 12.4. The van der Waals surface area contributed by atoms with Crippen LogP contribution in [0.5, 0.6) is 0 Å². The zero-order valence-corrected chi connectivity index (χ0v) is 22.2. The van der Waals surface area contributed by atoms with Crippen LogP contribution in [0.2, 0.25) is 0 Å². The summed E-state index contributed by atoms with van der Waals surface area (Å²) in [4.78, 5) is 17.0. The first-order chi connectivity index (χ1) is 16.7. The number of piperidine rings is 1. The largest absolute Gasteiger partial charge is 0.342 e. The van der Waals surface area contributed by atoms with Crippen molar-refractivity contribution >= 4 is 11.5 Å². The van der Waals surface area contributed by atoms with Crippen molar-refractivity contribution in [2.45, 2.75) is 66.7 Å². The van der Waals surface area contributed by atoms with Crippen LogP contribution in [0, 0.1) is 5.92 Å². The summed E-state index contributed by atoms with van der Waals surface area (Å²) in [6, 6.07) is 21.6. The third-order valence-corrected chi connectivity index (χ3v) is 6.58. The maximum Gasteiger partial charge on any atom is 0.222 e. The van der Waals surface area contributed by atoms with Crippen molar-refractivity contribution < 1.29 is 4.79 Å². The van der Waals surface area contributed by atoms with E-state index < -0.39 is 0 Å². The van der Waals surface area contributed by atoms with E-state index in [1.807, 2.05) is 27.7 Å². The summed E-state index contributed by atoms with van der Waals surface area (Å²) in [5.41, 5.74) is 5.61. The average Bonchev–Trinajstić information content (AvgIpc) is 3.35. The standard InChI is InChI=1S/C27H34N2O.2C2H6/c1-22-14-20-29(21-22)26(30)13-8-17-28-18-15-25(16-19-28)27(23-9-4-2-5-10-23)24-11-6-3-7-12-24;2*1-2/h2-7,9-12,22H,8,13-21H2,1H3;2*1-2H3. The lowest BCUT2D eigenvalue weighted by atomic mass is 9.88. The highest BCUT2D eigenvalue weighted by Crippen LogP contribution is 2.32. The van der Waals surface area contributed by atoms with Gasteiger partial charge in [0.1, 0.15) is 0 Å². The van der Waals surface area contributed by atoms with Crippen molar-refractivity contribution in [3.8, 4) is 0 Å². The third kappa shape index (κ3) is 8.13. The molecule has 0 N–H and O–H groups in total. The van der Waals surface area contributed by atoms with Gasteiger partial charge in [-0.05, 0) is 54.8 Å². The summed E-state index contributed by atoms with van der Waals surface area (Å²) in [5, 5.41) is 0. The molecule has 2 aromatic carbocycles. The number of carbonyl (C=O) groups excluding carboxylic acids is 1. The predicted octanol–water partition coefficient (Wildman–Crippen LogP) is 7.29. The van der Waals surface area contributed by atoms with E-state index in [4.69, 9.17) is 0 Å². The number of carbonyl (C=O) groups is 1. The van der Waals surface area contributed by atoms with Crippen LogP contribution in [0.3, 0.4) is 0 Å². The van der Waals surface area contributed by atoms with Crippen LogP contribution in [0.4, 0.5) is 0 Å². The van der Waals surface area contributed by atoms with Crippen LogP contribution in [0.15, 0.2) is 66.2 Å². The summed E-state index contributed by atoms with van der Waals surface area (Å²) in [6.45, 7) is 15.4. The summed E-state index contributed by atoms with van der Waals surface area (Å²) in [7, 11) is 0. The molecule has 2 aromatic rings. The molecule has 2 aliphatic heterocycles. The Labute approximate surface area is 208 Å². The molecule has 0 bridgehead atoms. The van der Waals surface area contributed by atoms with Gasteiger partial charge in [0.25, 0.3) is 0 Å². The molecule has 0 saturated carbocycles. The Morgan fingerprint density at radius 3 is 1.82 bits per heavy atom. The fraction of sp³-hybridized carbons (Fsp3) is 0.516. The first kappa shape index (κ1) is 27.9. The molecule has 1 amide bonds. The number of rotatable bonds is 6. The van der Waals surface area contributed by atoms with E-state index in [0.29, 0.717) is 18.2 Å². The minimum atomic E-state index is 0.354. The van der Waals surface area contributed by atoms with E-state index in [-0.39, 0.29) is 0 Å². The quantitative estimate of drug-likeness (QED) is 0.450. The Bertz CT molecular complexity index is 808. The molecule has 0 aliphatic carbocycles. The van der Waals surface area contributed by atoms with Gasteiger partial charge in [0.15, 0.2) is 0 Å². The topological polar surface area (TPSA) is 23.6 Å². The van der Waals surface area contributed by atoms with E-state index in [2.05, 4.69) is 77.4 Å². The Morgan fingerprint density at radius 2 is 1.35 bits per heavy atom. The van der Waals surface area contributed by atoms with Gasteiger partial charge in [-0.15, -0.1) is 0 Å². The SMILES string of the molecule is CC.CC.CC1CCN(C(=O)CCCN2CCC(=C(c3ccccc3)c3ccccc3)CC2)C1. The van der Waals surface area contributed by atoms with E-state index >= 15 is 0 Å². The van der Waals surface area contributed by atoms with Gasteiger partial charge in [0.2, 0.25) is 5.91 Å². The maximum absolute atomic E-state index is 12.4. The Kier molecular flexibility index (Phi) is 12.7. The normalized spacial score (nSPS) is 17.9. The Balaban J connectivity index is 0.000000970. The van der Waals surface area contributed by atoms with Gasteiger partial charge < -0.3 is 9.80 Å². The molecule has 2 aliphatic rings. The average molecular weight is 463 g/mol. The van der Waals surface area contributed by atoms with E-state index in [0.717, 1.165) is 58.4 Å². The number of hydrogen-bond donors (Lipinski definition) is 0. The second-order valence-corrected chi connectivity index (χ2v) is 8.89. The number of hydrogen-bond acceptors (Lipinski definition) is 2. The second-order valence-electron chi connectivity index (χ2n) is 8.89. The molecule has 0 aromatic heterocycles. The monoisotopic (exact) mass is 462 g/mol. The predicted molar refractivity (Wildman–Crippen MR) is 147 cm³/mol. The van der Waals surface area contributed by atoms with E-state index in [1.54, 1.807) is 5.57 Å². The third-order valence-electron chi connectivity index (χ3n) is 6.58. The Morgan fingerprint density at radius 1 is 0.824 bits per heavy atom. The number of nitrogens with zero attached hydrogens (tertiary/aromatic N) is 2. The van der Waals surface area contributed by atoms with E-state index in [9.17, 15) is 4.79 Å². The molecule has 0 radical (unpaired) electrons. The molecule has 1 unspecified atom stereocenters. The van der Waals surface area contributed by atoms with Gasteiger partial charge in [-0.3, -0.25) is 4.79 Å². The fourth-order valence-corrected chi connectivity index (χ4v) is 4.85. The molecule has 3 nitrogen and oxygen atoms in total. The highest BCUT2D eigenvalue weighted by Gasteiger charge is 2.23. The molecule has 0 spiro atoms. The fourth-order valence-electron chi connectivity index (χ4n) is 4.85. The molecule has 3 heteroatoms. The molecular formula is C31H46N2O. The van der Waals surface area contributed by atoms with Crippen molar-refractivity contribution in [3.05, 3.63) is 77.4 Å². The van der Waals surface area contributed by atoms with Crippen LogP contribution >= 0.6 is 0 Å². The number of amides is 1. The molecule has 2 heterocycles. The highest BCUT2D eigenvalue weighted by atomic mass is 16.2. The van der Waals surface area contributed by atoms with Gasteiger partial charge in [-0.2, -0.15) is 0 Å². The second kappa shape index (κ2) is 15.5. The highest BCUT2D eigenvalue weighted by molar-refractivity contribution is 5.82. The molecule has 2 fully saturated rings. The molecule has 1 atom stereocenters. The molecule has 186 valence electrons. The number of likely N-dealkylation sites (tertiary alicyclic amines) is 2. The molecule has 34 heavy (non-hydrogen) atoms. The van der Waals surface area contributed by atoms with Crippen molar-refractivity contribution in [3.63, 3.8) is 0 Å². The van der Waals surface area contributed by atoms with Gasteiger partial charge in [-0.1, -0.05) is 101 Å². The van der Waals surface area contributed by atoms with Crippen molar-refractivity contribution in [2.24, 2.45) is 5.92 Å². The lowest BCUT2D eigenvalue weighted by Gasteiger charge is -2.30. The molecule has 2 saturated heterocycles. The van der Waals surface area contributed by atoms with Crippen LogP contribution in [0.1, 0.15) is 77.8 Å². The minimum Gasteiger partial charge on any atom is -0.342 e. The summed E-state index contributed by atoms with van der Waals surface area (Å²) >= 11 is 0. The first-order valence-electron chi connectivity index (χ1n) is 13.5. The number of benzene rings is 2. The minimum absolute atomic E-state index is 0.354. The zero-order chi connectivity index (χ0) is 24.8. The lowest BCUT2D eigenvalue weighted by molar-refractivity contribution is -0.130. The summed E-state index contributed by atoms with van der Waals surface area (Å²) in [5.74, 6) is 1.03. The van der Waals surface area contributed by atoms with Gasteiger partial charge >= 0.3 is 0 Å². The smallest absolute Gasteiger partial charge is 0.222 e. The van der Waals surface area contributed by atoms with Gasteiger partial charge in [-0.25, -0.2) is 0 Å². The van der Waals surface area contributed by atoms with Gasteiger partial charge in [0.05, 0.1) is 0 Å². The van der Waals surface area contributed by atoms with Crippen molar-refractivity contribution in [1.29, 1.82) is 0 Å². The molecular weight excluding hydrogens is 416 g/mol. The van der Waals surface area contributed by atoms with E-state index in [1.165, 1.54) is 16.7 Å². The van der Waals surface area contributed by atoms with Crippen LogP contribution in [-0.2, 0) is 4.79 Å².